The summed E-state index contributed by atoms with van der Waals surface area (Å²) in [6, 6.07) is 16.2. The molecule has 0 aliphatic carbocycles. The summed E-state index contributed by atoms with van der Waals surface area (Å²) >= 11 is 0. The maximum Gasteiger partial charge on any atom is 0.159 e. The number of hydrogen-bond donors (Lipinski definition) is 3. The van der Waals surface area contributed by atoms with Gasteiger partial charge in [-0.1, -0.05) is 18.2 Å². The number of rotatable bonds is 3. The van der Waals surface area contributed by atoms with Crippen molar-refractivity contribution in [2.45, 2.75) is 6.54 Å². The van der Waals surface area contributed by atoms with Gasteiger partial charge >= 0.3 is 0 Å². The first-order valence-electron chi connectivity index (χ1n) is 8.39. The molecule has 0 fully saturated rings. The summed E-state index contributed by atoms with van der Waals surface area (Å²) in [6.07, 6.45) is 3.64. The molecule has 26 heavy (non-hydrogen) atoms. The van der Waals surface area contributed by atoms with Crippen molar-refractivity contribution in [1.82, 2.24) is 25.1 Å². The Morgan fingerprint density at radius 1 is 0.923 bits per heavy atom. The fraction of sp³-hybridized carbons (Fsp3) is 0.0500. The fourth-order valence-electron chi connectivity index (χ4n) is 3.20. The van der Waals surface area contributed by atoms with Crippen molar-refractivity contribution in [3.63, 3.8) is 0 Å². The molecule has 0 bridgehead atoms. The molecule has 3 aromatic heterocycles. The molecular formula is C20H16N6. The van der Waals surface area contributed by atoms with E-state index in [0.29, 0.717) is 6.54 Å². The summed E-state index contributed by atoms with van der Waals surface area (Å²) in [5.74, 6) is 0.753. The quantitative estimate of drug-likeness (QED) is 0.467. The number of benzene rings is 2. The van der Waals surface area contributed by atoms with Crippen LogP contribution < -0.4 is 5.73 Å². The summed E-state index contributed by atoms with van der Waals surface area (Å²) in [6.45, 7) is 0.471. The molecule has 0 saturated carbocycles. The number of fused-ring (bicyclic) bond motifs is 2. The molecule has 0 radical (unpaired) electrons. The molecule has 3 heterocycles. The largest absolute Gasteiger partial charge is 0.337 e. The molecule has 5 rings (SSSR count). The third-order valence-electron chi connectivity index (χ3n) is 4.54. The van der Waals surface area contributed by atoms with E-state index >= 15 is 0 Å². The third kappa shape index (κ3) is 2.35. The smallest absolute Gasteiger partial charge is 0.159 e. The molecule has 4 N–H and O–H groups in total. The Balaban J connectivity index is 1.67. The SMILES string of the molecule is NCc1cncc(-c2ccc3[nH]nc(-c4nc5ccccc5[nH]4)c3c2)c1. The lowest BCUT2D eigenvalue weighted by Crippen LogP contribution is -1.97. The number of aromatic amines is 2. The summed E-state index contributed by atoms with van der Waals surface area (Å²) in [5, 5.41) is 8.58. The van der Waals surface area contributed by atoms with Gasteiger partial charge in [0.05, 0.1) is 16.6 Å². The van der Waals surface area contributed by atoms with Crippen LogP contribution in [0.4, 0.5) is 0 Å². The number of nitrogens with zero attached hydrogens (tertiary/aromatic N) is 3. The zero-order valence-corrected chi connectivity index (χ0v) is 13.9. The second-order valence-electron chi connectivity index (χ2n) is 6.22. The minimum atomic E-state index is 0.471. The van der Waals surface area contributed by atoms with E-state index in [1.807, 2.05) is 36.5 Å². The van der Waals surface area contributed by atoms with Crippen LogP contribution in [0.5, 0.6) is 0 Å². The van der Waals surface area contributed by atoms with E-state index < -0.39 is 0 Å². The van der Waals surface area contributed by atoms with Crippen molar-refractivity contribution in [1.29, 1.82) is 0 Å². The van der Waals surface area contributed by atoms with Gasteiger partial charge < -0.3 is 10.7 Å². The van der Waals surface area contributed by atoms with Gasteiger partial charge in [0.15, 0.2) is 5.82 Å². The Bertz CT molecular complexity index is 1200. The minimum absolute atomic E-state index is 0.471. The van der Waals surface area contributed by atoms with Crippen molar-refractivity contribution in [2.75, 3.05) is 0 Å². The molecule has 2 aromatic carbocycles. The lowest BCUT2D eigenvalue weighted by molar-refractivity contribution is 1.05. The predicted octanol–water partition coefficient (Wildman–Crippen LogP) is 3.63. The fourth-order valence-corrected chi connectivity index (χ4v) is 3.20. The van der Waals surface area contributed by atoms with Crippen LogP contribution >= 0.6 is 0 Å². The van der Waals surface area contributed by atoms with Crippen molar-refractivity contribution in [3.05, 3.63) is 66.5 Å². The maximum atomic E-state index is 5.74. The molecule has 6 heteroatoms. The second-order valence-corrected chi connectivity index (χ2v) is 6.22. The lowest BCUT2D eigenvalue weighted by atomic mass is 10.0. The van der Waals surface area contributed by atoms with E-state index in [9.17, 15) is 0 Å². The standard InChI is InChI=1S/C20H16N6/c21-9-12-7-14(11-22-10-12)13-5-6-16-15(8-13)19(26-25-16)20-23-17-3-1-2-4-18(17)24-20/h1-8,10-11H,9,21H2,(H,23,24)(H,25,26). The number of para-hydroxylation sites is 2. The van der Waals surface area contributed by atoms with Crippen LogP contribution in [0.25, 0.3) is 44.6 Å². The van der Waals surface area contributed by atoms with Crippen LogP contribution in [0.2, 0.25) is 0 Å². The van der Waals surface area contributed by atoms with E-state index in [-0.39, 0.29) is 0 Å². The molecule has 0 aliphatic rings. The van der Waals surface area contributed by atoms with Crippen LogP contribution in [0.3, 0.4) is 0 Å². The molecule has 0 amide bonds. The monoisotopic (exact) mass is 340 g/mol. The number of nitrogens with one attached hydrogen (secondary N) is 2. The number of hydrogen-bond acceptors (Lipinski definition) is 4. The predicted molar refractivity (Wildman–Crippen MR) is 102 cm³/mol. The van der Waals surface area contributed by atoms with Crippen LogP contribution in [-0.4, -0.2) is 25.1 Å². The van der Waals surface area contributed by atoms with Crippen molar-refractivity contribution in [3.8, 4) is 22.6 Å². The summed E-state index contributed by atoms with van der Waals surface area (Å²) in [4.78, 5) is 12.3. The highest BCUT2D eigenvalue weighted by Gasteiger charge is 2.13. The van der Waals surface area contributed by atoms with Gasteiger partial charge in [0.2, 0.25) is 0 Å². The van der Waals surface area contributed by atoms with E-state index in [2.05, 4.69) is 43.3 Å². The Morgan fingerprint density at radius 3 is 2.73 bits per heavy atom. The van der Waals surface area contributed by atoms with Gasteiger partial charge in [0, 0.05) is 29.9 Å². The molecule has 126 valence electrons. The van der Waals surface area contributed by atoms with Gasteiger partial charge in [-0.3, -0.25) is 10.1 Å². The minimum Gasteiger partial charge on any atom is -0.337 e. The van der Waals surface area contributed by atoms with Crippen molar-refractivity contribution >= 4 is 21.9 Å². The van der Waals surface area contributed by atoms with Gasteiger partial charge in [0.25, 0.3) is 0 Å². The van der Waals surface area contributed by atoms with Gasteiger partial charge in [0.1, 0.15) is 5.69 Å². The Labute approximate surface area is 149 Å². The highest BCUT2D eigenvalue weighted by Crippen LogP contribution is 2.30. The first-order valence-corrected chi connectivity index (χ1v) is 8.39. The van der Waals surface area contributed by atoms with Crippen LogP contribution in [0.15, 0.2) is 60.9 Å². The van der Waals surface area contributed by atoms with E-state index in [1.54, 1.807) is 6.20 Å². The summed E-state index contributed by atoms with van der Waals surface area (Å²) < 4.78 is 0. The highest BCUT2D eigenvalue weighted by atomic mass is 15.1. The maximum absolute atomic E-state index is 5.74. The molecule has 0 saturated heterocycles. The first kappa shape index (κ1) is 14.8. The number of H-pyrrole nitrogens is 2. The number of pyridine rings is 1. The summed E-state index contributed by atoms with van der Waals surface area (Å²) in [5.41, 5.74) is 12.5. The Hall–Kier alpha value is -3.51. The average molecular weight is 340 g/mol. The summed E-state index contributed by atoms with van der Waals surface area (Å²) in [7, 11) is 0. The molecule has 0 unspecified atom stereocenters. The molecule has 6 nitrogen and oxygen atoms in total. The Kier molecular flexibility index (Phi) is 3.29. The van der Waals surface area contributed by atoms with Crippen LogP contribution in [-0.2, 0) is 6.54 Å². The van der Waals surface area contributed by atoms with Gasteiger partial charge in [-0.15, -0.1) is 0 Å². The van der Waals surface area contributed by atoms with Crippen LogP contribution in [0.1, 0.15) is 5.56 Å². The Morgan fingerprint density at radius 2 is 1.85 bits per heavy atom. The van der Waals surface area contributed by atoms with E-state index in [1.165, 1.54) is 0 Å². The first-order chi connectivity index (χ1) is 12.8. The van der Waals surface area contributed by atoms with Gasteiger partial charge in [-0.05, 0) is 41.5 Å². The average Bonchev–Trinajstić information content (AvgIpc) is 3.31. The molecule has 0 spiro atoms. The lowest BCUT2D eigenvalue weighted by Gasteiger charge is -2.04. The van der Waals surface area contributed by atoms with Crippen molar-refractivity contribution in [2.24, 2.45) is 5.73 Å². The second kappa shape index (κ2) is 5.79. The van der Waals surface area contributed by atoms with Crippen LogP contribution in [0, 0.1) is 0 Å². The molecular weight excluding hydrogens is 324 g/mol. The number of nitrogens with two attached hydrogens (primary N) is 1. The highest BCUT2D eigenvalue weighted by molar-refractivity contribution is 5.95. The zero-order valence-electron chi connectivity index (χ0n) is 13.9. The van der Waals surface area contributed by atoms with Gasteiger partial charge in [-0.25, -0.2) is 4.98 Å². The zero-order chi connectivity index (χ0) is 17.5. The third-order valence-corrected chi connectivity index (χ3v) is 4.54. The van der Waals surface area contributed by atoms with Gasteiger partial charge in [-0.2, -0.15) is 5.10 Å². The van der Waals surface area contributed by atoms with Crippen molar-refractivity contribution < 1.29 is 0 Å². The molecule has 0 atom stereocenters. The normalized spacial score (nSPS) is 11.4. The van der Waals surface area contributed by atoms with E-state index in [4.69, 9.17) is 5.73 Å². The number of imidazole rings is 1. The topological polar surface area (TPSA) is 96.3 Å². The number of aromatic nitrogens is 5. The van der Waals surface area contributed by atoms with E-state index in [0.717, 1.165) is 50.1 Å². The molecule has 5 aromatic rings. The molecule has 0 aliphatic heterocycles.